The van der Waals surface area contributed by atoms with Gasteiger partial charge in [-0.25, -0.2) is 0 Å². The highest BCUT2D eigenvalue weighted by atomic mass is 16.5. The molecule has 2 aliphatic rings. The van der Waals surface area contributed by atoms with Crippen molar-refractivity contribution in [1.82, 2.24) is 30.0 Å². The number of fused-ring (bicyclic) bond motifs is 1. The van der Waals surface area contributed by atoms with Crippen LogP contribution in [0.2, 0.25) is 0 Å². The van der Waals surface area contributed by atoms with Gasteiger partial charge in [0.05, 0.1) is 6.10 Å². The molecule has 4 heterocycles. The lowest BCUT2D eigenvalue weighted by Gasteiger charge is -2.45. The maximum atomic E-state index is 11.1. The largest absolute Gasteiger partial charge is 0.365 e. The number of nitrogens with one attached hydrogen (secondary N) is 1. The molecule has 4 rings (SSSR count). The predicted molar refractivity (Wildman–Crippen MR) is 86.9 cm³/mol. The van der Waals surface area contributed by atoms with E-state index < -0.39 is 0 Å². The number of aromatic nitrogens is 4. The molecule has 2 aromatic heterocycles. The molecule has 0 radical (unpaired) electrons. The van der Waals surface area contributed by atoms with Crippen molar-refractivity contribution >= 4 is 17.4 Å². The molecule has 2 aliphatic heterocycles. The summed E-state index contributed by atoms with van der Waals surface area (Å²) in [7, 11) is 2.10. The van der Waals surface area contributed by atoms with Crippen LogP contribution in [-0.4, -0.2) is 82.6 Å². The first-order valence-corrected chi connectivity index (χ1v) is 8.13. The molecule has 24 heavy (non-hydrogen) atoms. The normalized spacial score (nSPS) is 22.0. The Morgan fingerprint density at radius 2 is 2.21 bits per heavy atom. The number of carbonyl (C=O) groups excluding carboxylic acids is 1. The minimum Gasteiger partial charge on any atom is -0.365 e. The molecular formula is C15H21N7O2. The van der Waals surface area contributed by atoms with Gasteiger partial charge in [0.15, 0.2) is 11.5 Å². The van der Waals surface area contributed by atoms with E-state index in [4.69, 9.17) is 4.74 Å². The minimum atomic E-state index is -0.0329. The summed E-state index contributed by atoms with van der Waals surface area (Å²) < 4.78 is 7.32. The van der Waals surface area contributed by atoms with Crippen molar-refractivity contribution in [2.75, 3.05) is 44.7 Å². The number of nitrogens with zero attached hydrogens (tertiary/aromatic N) is 6. The third-order valence-electron chi connectivity index (χ3n) is 4.68. The van der Waals surface area contributed by atoms with Crippen molar-refractivity contribution in [3.63, 3.8) is 0 Å². The highest BCUT2D eigenvalue weighted by Gasteiger charge is 2.33. The summed E-state index contributed by atoms with van der Waals surface area (Å²) in [6.07, 6.45) is 0.0656. The number of likely N-dealkylation sites (N-methyl/N-ethyl adjacent to an activating group) is 1. The van der Waals surface area contributed by atoms with E-state index in [-0.39, 0.29) is 18.6 Å². The number of amides is 1. The van der Waals surface area contributed by atoms with Gasteiger partial charge in [-0.3, -0.25) is 9.69 Å². The zero-order valence-electron chi connectivity index (χ0n) is 13.8. The van der Waals surface area contributed by atoms with Gasteiger partial charge in [0, 0.05) is 32.2 Å². The summed E-state index contributed by atoms with van der Waals surface area (Å²) in [5.74, 6) is 1.70. The predicted octanol–water partition coefficient (Wildman–Crippen LogP) is -0.932. The van der Waals surface area contributed by atoms with E-state index in [0.29, 0.717) is 12.6 Å². The lowest BCUT2D eigenvalue weighted by Crippen LogP contribution is -2.61. The van der Waals surface area contributed by atoms with Crippen molar-refractivity contribution in [3.05, 3.63) is 18.0 Å². The molecule has 9 heteroatoms. The number of hydrogen-bond donors (Lipinski definition) is 1. The van der Waals surface area contributed by atoms with Gasteiger partial charge >= 0.3 is 0 Å². The van der Waals surface area contributed by atoms with Crippen LogP contribution in [0.25, 0.3) is 5.65 Å². The first kappa shape index (κ1) is 15.3. The van der Waals surface area contributed by atoms with E-state index in [1.807, 2.05) is 19.1 Å². The minimum absolute atomic E-state index is 0.0329. The van der Waals surface area contributed by atoms with Crippen LogP contribution in [0.4, 0.5) is 5.82 Å². The average Bonchev–Trinajstić information content (AvgIpc) is 2.89. The van der Waals surface area contributed by atoms with Gasteiger partial charge in [-0.05, 0) is 26.1 Å². The molecule has 0 aromatic carbocycles. The van der Waals surface area contributed by atoms with E-state index in [9.17, 15) is 4.79 Å². The first-order chi connectivity index (χ1) is 11.6. The SMILES string of the molecule is Cc1nnc2ccc(N3CC(N(C)CC4CNC(=O)CO4)C3)nn12. The van der Waals surface area contributed by atoms with Crippen molar-refractivity contribution in [2.45, 2.75) is 19.1 Å². The van der Waals surface area contributed by atoms with E-state index in [1.165, 1.54) is 0 Å². The van der Waals surface area contributed by atoms with Crippen LogP contribution in [0, 0.1) is 6.92 Å². The summed E-state index contributed by atoms with van der Waals surface area (Å²) in [6.45, 7) is 5.31. The van der Waals surface area contributed by atoms with Gasteiger partial charge in [-0.15, -0.1) is 15.3 Å². The summed E-state index contributed by atoms with van der Waals surface area (Å²) in [6, 6.07) is 4.39. The second-order valence-electron chi connectivity index (χ2n) is 6.44. The zero-order chi connectivity index (χ0) is 16.7. The van der Waals surface area contributed by atoms with Crippen molar-refractivity contribution in [2.24, 2.45) is 0 Å². The van der Waals surface area contributed by atoms with Gasteiger partial charge in [-0.2, -0.15) is 4.52 Å². The number of anilines is 1. The smallest absolute Gasteiger partial charge is 0.246 e. The molecule has 1 atom stereocenters. The third kappa shape index (κ3) is 2.80. The zero-order valence-corrected chi connectivity index (χ0v) is 13.8. The topological polar surface area (TPSA) is 87.9 Å². The molecule has 9 nitrogen and oxygen atoms in total. The Morgan fingerprint density at radius 3 is 2.96 bits per heavy atom. The Morgan fingerprint density at radius 1 is 1.38 bits per heavy atom. The fourth-order valence-corrected chi connectivity index (χ4v) is 3.09. The van der Waals surface area contributed by atoms with Crippen LogP contribution in [0.3, 0.4) is 0 Å². The summed E-state index contributed by atoms with van der Waals surface area (Å²) in [5, 5.41) is 15.5. The molecule has 1 unspecified atom stereocenters. The molecular weight excluding hydrogens is 310 g/mol. The van der Waals surface area contributed by atoms with Gasteiger partial charge < -0.3 is 15.0 Å². The fraction of sp³-hybridized carbons (Fsp3) is 0.600. The van der Waals surface area contributed by atoms with Crippen LogP contribution >= 0.6 is 0 Å². The Bertz CT molecular complexity index is 745. The summed E-state index contributed by atoms with van der Waals surface area (Å²) in [4.78, 5) is 15.7. The maximum Gasteiger partial charge on any atom is 0.246 e. The molecule has 2 aromatic rings. The molecule has 0 spiro atoms. The number of hydrogen-bond acceptors (Lipinski definition) is 7. The van der Waals surface area contributed by atoms with Crippen LogP contribution in [0.1, 0.15) is 5.82 Å². The van der Waals surface area contributed by atoms with Gasteiger partial charge in [0.1, 0.15) is 12.4 Å². The number of morpholine rings is 1. The van der Waals surface area contributed by atoms with Gasteiger partial charge in [0.2, 0.25) is 5.91 Å². The molecule has 2 fully saturated rings. The van der Waals surface area contributed by atoms with Crippen molar-refractivity contribution < 1.29 is 9.53 Å². The number of rotatable bonds is 4. The van der Waals surface area contributed by atoms with Crippen LogP contribution in [0.5, 0.6) is 0 Å². The third-order valence-corrected chi connectivity index (χ3v) is 4.68. The molecule has 1 N–H and O–H groups in total. The fourth-order valence-electron chi connectivity index (χ4n) is 3.09. The van der Waals surface area contributed by atoms with E-state index in [1.54, 1.807) is 4.52 Å². The number of aryl methyl sites for hydroxylation is 1. The molecule has 128 valence electrons. The molecule has 0 aliphatic carbocycles. The standard InChI is InChI=1S/C15H21N7O2/c1-10-17-18-13-3-4-14(19-22(10)13)21-6-11(7-21)20(2)8-12-5-16-15(23)9-24-12/h3-4,11-12H,5-9H2,1-2H3,(H,16,23). The maximum absolute atomic E-state index is 11.1. The summed E-state index contributed by atoms with van der Waals surface area (Å²) >= 11 is 0. The molecule has 1 amide bonds. The van der Waals surface area contributed by atoms with Crippen LogP contribution in [0.15, 0.2) is 12.1 Å². The first-order valence-electron chi connectivity index (χ1n) is 8.13. The molecule has 2 saturated heterocycles. The molecule has 0 saturated carbocycles. The van der Waals surface area contributed by atoms with Gasteiger partial charge in [-0.1, -0.05) is 0 Å². The second-order valence-corrected chi connectivity index (χ2v) is 6.44. The highest BCUT2D eigenvalue weighted by Crippen LogP contribution is 2.22. The number of carbonyl (C=O) groups is 1. The Hall–Kier alpha value is -2.26. The van der Waals surface area contributed by atoms with Gasteiger partial charge in [0.25, 0.3) is 0 Å². The molecule has 0 bridgehead atoms. The van der Waals surface area contributed by atoms with Crippen molar-refractivity contribution in [3.8, 4) is 0 Å². The summed E-state index contributed by atoms with van der Waals surface area (Å²) in [5.41, 5.74) is 0.766. The highest BCUT2D eigenvalue weighted by molar-refractivity contribution is 5.77. The Kier molecular flexibility index (Phi) is 3.81. The van der Waals surface area contributed by atoms with Crippen molar-refractivity contribution in [1.29, 1.82) is 0 Å². The quantitative estimate of drug-likeness (QED) is 0.774. The van der Waals surface area contributed by atoms with E-state index >= 15 is 0 Å². The Balaban J connectivity index is 1.33. The Labute approximate surface area is 139 Å². The number of ether oxygens (including phenoxy) is 1. The van der Waals surface area contributed by atoms with Crippen LogP contribution < -0.4 is 10.2 Å². The second kappa shape index (κ2) is 5.99. The average molecular weight is 331 g/mol. The van der Waals surface area contributed by atoms with Crippen LogP contribution in [-0.2, 0) is 9.53 Å². The lowest BCUT2D eigenvalue weighted by atomic mass is 10.1. The van der Waals surface area contributed by atoms with E-state index in [0.717, 1.165) is 36.9 Å². The lowest BCUT2D eigenvalue weighted by molar-refractivity contribution is -0.134. The van der Waals surface area contributed by atoms with E-state index in [2.05, 4.69) is 37.5 Å². The monoisotopic (exact) mass is 331 g/mol.